The Morgan fingerprint density at radius 1 is 1.25 bits per heavy atom. The number of hydrazone groups is 1. The van der Waals surface area contributed by atoms with Crippen LogP contribution in [0.15, 0.2) is 53.9 Å². The summed E-state index contributed by atoms with van der Waals surface area (Å²) in [7, 11) is 1.59. The van der Waals surface area contributed by atoms with Gasteiger partial charge in [-0.25, -0.2) is 5.43 Å². The van der Waals surface area contributed by atoms with Gasteiger partial charge < -0.3 is 4.74 Å². The van der Waals surface area contributed by atoms with Gasteiger partial charge >= 0.3 is 0 Å². The number of ketones is 1. The van der Waals surface area contributed by atoms with E-state index in [2.05, 4.69) is 10.5 Å². The SMILES string of the molecule is COc1ccc(C(=O)C[n+]2ccc(C3=NNC(=O)CS3)cc2)cc1. The van der Waals surface area contributed by atoms with E-state index in [0.717, 1.165) is 16.4 Å². The molecule has 1 amide bonds. The molecule has 2 aromatic rings. The molecule has 6 nitrogen and oxygen atoms in total. The molecule has 0 atom stereocenters. The number of rotatable bonds is 5. The molecule has 0 spiro atoms. The standard InChI is InChI=1S/C17H15N3O3S/c1-23-14-4-2-12(3-5-14)15(21)10-20-8-6-13(7-9-20)17-19-18-16(22)11-24-17/h2-9H,10-11H2,1H3/p+1. The largest absolute Gasteiger partial charge is 0.497 e. The van der Waals surface area contributed by atoms with Crippen LogP contribution in [0.2, 0.25) is 0 Å². The molecule has 2 heterocycles. The van der Waals surface area contributed by atoms with Crippen LogP contribution in [0.25, 0.3) is 0 Å². The van der Waals surface area contributed by atoms with Crippen molar-refractivity contribution in [3.8, 4) is 5.75 Å². The van der Waals surface area contributed by atoms with Crippen molar-refractivity contribution in [3.05, 3.63) is 59.9 Å². The van der Waals surface area contributed by atoms with E-state index in [0.29, 0.717) is 11.3 Å². The Bertz CT molecular complexity index is 786. The minimum atomic E-state index is -0.0974. The number of Topliss-reactive ketones (excluding diaryl/α,β-unsaturated/α-hetero) is 1. The molecule has 7 heteroatoms. The Balaban J connectivity index is 1.67. The Morgan fingerprint density at radius 2 is 1.96 bits per heavy atom. The zero-order valence-corrected chi connectivity index (χ0v) is 13.9. The van der Waals surface area contributed by atoms with Gasteiger partial charge in [0.15, 0.2) is 12.4 Å². The molecular weight excluding hydrogens is 326 g/mol. The topological polar surface area (TPSA) is 71.6 Å². The van der Waals surface area contributed by atoms with E-state index in [1.165, 1.54) is 11.8 Å². The number of amides is 1. The molecule has 1 aromatic heterocycles. The van der Waals surface area contributed by atoms with Gasteiger partial charge in [0.1, 0.15) is 10.8 Å². The second-order valence-electron chi connectivity index (χ2n) is 5.15. The minimum absolute atomic E-state index is 0.0204. The fraction of sp³-hybridized carbons (Fsp3) is 0.176. The van der Waals surface area contributed by atoms with Crippen molar-refractivity contribution in [1.29, 1.82) is 0 Å². The van der Waals surface area contributed by atoms with E-state index in [9.17, 15) is 9.59 Å². The lowest BCUT2D eigenvalue weighted by Gasteiger charge is -2.10. The summed E-state index contributed by atoms with van der Waals surface area (Å²) >= 11 is 1.39. The summed E-state index contributed by atoms with van der Waals surface area (Å²) < 4.78 is 6.90. The number of hydrogen-bond acceptors (Lipinski definition) is 5. The van der Waals surface area contributed by atoms with Crippen LogP contribution in [0.3, 0.4) is 0 Å². The maximum atomic E-state index is 12.3. The summed E-state index contributed by atoms with van der Waals surface area (Å²) in [5.41, 5.74) is 4.02. The average Bonchev–Trinajstić information content (AvgIpc) is 2.63. The van der Waals surface area contributed by atoms with Crippen LogP contribution in [-0.4, -0.2) is 29.6 Å². The summed E-state index contributed by atoms with van der Waals surface area (Å²) in [5.74, 6) is 1.01. The molecular formula is C17H16N3O3S+. The molecule has 0 bridgehead atoms. The highest BCUT2D eigenvalue weighted by Crippen LogP contribution is 2.15. The maximum Gasteiger partial charge on any atom is 0.250 e. The van der Waals surface area contributed by atoms with Crippen LogP contribution >= 0.6 is 11.8 Å². The van der Waals surface area contributed by atoms with Crippen LogP contribution in [-0.2, 0) is 11.3 Å². The number of aromatic nitrogens is 1. The third-order valence-corrected chi connectivity index (χ3v) is 4.51. The molecule has 0 saturated heterocycles. The van der Waals surface area contributed by atoms with E-state index in [1.54, 1.807) is 31.4 Å². The Kier molecular flexibility index (Phi) is 4.90. The van der Waals surface area contributed by atoms with Crippen molar-refractivity contribution in [3.63, 3.8) is 0 Å². The first-order valence-corrected chi connectivity index (χ1v) is 8.30. The molecule has 24 heavy (non-hydrogen) atoms. The molecule has 0 aliphatic carbocycles. The van der Waals surface area contributed by atoms with Gasteiger partial charge in [-0.2, -0.15) is 9.67 Å². The van der Waals surface area contributed by atoms with Crippen molar-refractivity contribution in [2.45, 2.75) is 6.54 Å². The van der Waals surface area contributed by atoms with Crippen LogP contribution in [0.4, 0.5) is 0 Å². The first-order valence-electron chi connectivity index (χ1n) is 7.32. The van der Waals surface area contributed by atoms with Crippen molar-refractivity contribution in [2.75, 3.05) is 12.9 Å². The van der Waals surface area contributed by atoms with Crippen molar-refractivity contribution >= 4 is 28.5 Å². The van der Waals surface area contributed by atoms with Crippen molar-refractivity contribution in [2.24, 2.45) is 5.10 Å². The number of methoxy groups -OCH3 is 1. The highest BCUT2D eigenvalue weighted by atomic mass is 32.2. The molecule has 0 fully saturated rings. The van der Waals surface area contributed by atoms with Crippen LogP contribution in [0, 0.1) is 0 Å². The number of hydrogen-bond donors (Lipinski definition) is 1. The number of carbonyl (C=O) groups is 2. The number of nitrogens with one attached hydrogen (secondary N) is 1. The molecule has 0 unspecified atom stereocenters. The molecule has 3 rings (SSSR count). The number of ether oxygens (including phenoxy) is 1. The quantitative estimate of drug-likeness (QED) is 0.658. The van der Waals surface area contributed by atoms with Crippen LogP contribution in [0.1, 0.15) is 15.9 Å². The predicted molar refractivity (Wildman–Crippen MR) is 91.1 cm³/mol. The van der Waals surface area contributed by atoms with E-state index in [4.69, 9.17) is 4.74 Å². The summed E-state index contributed by atoms with van der Waals surface area (Å²) in [6.07, 6.45) is 3.66. The van der Waals surface area contributed by atoms with Gasteiger partial charge in [-0.3, -0.25) is 9.59 Å². The first kappa shape index (κ1) is 16.2. The van der Waals surface area contributed by atoms with Crippen molar-refractivity contribution in [1.82, 2.24) is 5.43 Å². The highest BCUT2D eigenvalue weighted by molar-refractivity contribution is 8.15. The monoisotopic (exact) mass is 342 g/mol. The van der Waals surface area contributed by atoms with Gasteiger partial charge in [-0.05, 0) is 24.3 Å². The maximum absolute atomic E-state index is 12.3. The van der Waals surface area contributed by atoms with Gasteiger partial charge in [0, 0.05) is 23.3 Å². The third-order valence-electron chi connectivity index (χ3n) is 3.50. The lowest BCUT2D eigenvalue weighted by Crippen LogP contribution is -2.37. The summed E-state index contributed by atoms with van der Waals surface area (Å²) in [6.45, 7) is 0.253. The smallest absolute Gasteiger partial charge is 0.250 e. The van der Waals surface area contributed by atoms with E-state index in [1.807, 2.05) is 29.1 Å². The minimum Gasteiger partial charge on any atom is -0.497 e. The van der Waals surface area contributed by atoms with Gasteiger partial charge in [0.2, 0.25) is 12.3 Å². The lowest BCUT2D eigenvalue weighted by molar-refractivity contribution is -0.683. The lowest BCUT2D eigenvalue weighted by atomic mass is 10.1. The van der Waals surface area contributed by atoms with Crippen LogP contribution in [0.5, 0.6) is 5.75 Å². The Labute approximate surface area is 143 Å². The summed E-state index contributed by atoms with van der Waals surface area (Å²) in [6, 6.07) is 10.8. The zero-order chi connectivity index (χ0) is 16.9. The van der Waals surface area contributed by atoms with E-state index < -0.39 is 0 Å². The summed E-state index contributed by atoms with van der Waals surface area (Å²) in [4.78, 5) is 23.4. The van der Waals surface area contributed by atoms with Crippen molar-refractivity contribution < 1.29 is 18.9 Å². The highest BCUT2D eigenvalue weighted by Gasteiger charge is 2.16. The molecule has 0 radical (unpaired) electrons. The number of thioether (sulfide) groups is 1. The molecule has 1 aromatic carbocycles. The molecule has 1 N–H and O–H groups in total. The fourth-order valence-corrected chi connectivity index (χ4v) is 2.94. The second-order valence-corrected chi connectivity index (χ2v) is 6.12. The number of nitrogens with zero attached hydrogens (tertiary/aromatic N) is 2. The van der Waals surface area contributed by atoms with Gasteiger partial charge in [0.05, 0.1) is 12.9 Å². The fourth-order valence-electron chi connectivity index (χ4n) is 2.20. The zero-order valence-electron chi connectivity index (χ0n) is 13.1. The van der Waals surface area contributed by atoms with Gasteiger partial charge in [-0.15, -0.1) is 0 Å². The molecule has 122 valence electrons. The predicted octanol–water partition coefficient (Wildman–Crippen LogP) is 1.39. The molecule has 0 saturated carbocycles. The Hall–Kier alpha value is -2.67. The third kappa shape index (κ3) is 3.80. The van der Waals surface area contributed by atoms with E-state index in [-0.39, 0.29) is 18.2 Å². The molecule has 1 aliphatic heterocycles. The van der Waals surface area contributed by atoms with Crippen LogP contribution < -0.4 is 14.7 Å². The number of benzene rings is 1. The van der Waals surface area contributed by atoms with Gasteiger partial charge in [0.25, 0.3) is 5.91 Å². The summed E-state index contributed by atoms with van der Waals surface area (Å²) in [5, 5.41) is 4.79. The van der Waals surface area contributed by atoms with E-state index >= 15 is 0 Å². The molecule has 1 aliphatic rings. The Morgan fingerprint density at radius 3 is 2.54 bits per heavy atom. The second kappa shape index (κ2) is 7.27. The average molecular weight is 342 g/mol. The number of carbonyl (C=O) groups excluding carboxylic acids is 2. The first-order chi connectivity index (χ1) is 11.7. The number of pyridine rings is 1. The normalized spacial score (nSPS) is 13.9. The van der Waals surface area contributed by atoms with Gasteiger partial charge in [-0.1, -0.05) is 11.8 Å².